The van der Waals surface area contributed by atoms with E-state index in [2.05, 4.69) is 118 Å². The van der Waals surface area contributed by atoms with Crippen LogP contribution in [0.15, 0.2) is 109 Å². The fraction of sp³-hybridized carbons (Fsp3) is 0.632. The Morgan fingerprint density at radius 1 is 0.333 bits per heavy atom. The summed E-state index contributed by atoms with van der Waals surface area (Å²) in [5, 5.41) is 0. The molecule has 6 heteroatoms. The Bertz CT molecular complexity index is 1330. The highest BCUT2D eigenvalue weighted by molar-refractivity contribution is 5.71. The minimum absolute atomic E-state index is 0.111. The van der Waals surface area contributed by atoms with Gasteiger partial charge in [0.1, 0.15) is 13.2 Å². The maximum absolute atomic E-state index is 12.7. The highest BCUT2D eigenvalue weighted by atomic mass is 16.6. The fourth-order valence-electron chi connectivity index (χ4n) is 6.54. The van der Waals surface area contributed by atoms with Gasteiger partial charge in [0.25, 0.3) is 0 Å². The van der Waals surface area contributed by atoms with Gasteiger partial charge in [-0.25, -0.2) is 0 Å². The van der Waals surface area contributed by atoms with Crippen molar-refractivity contribution >= 4 is 17.9 Å². The first-order chi connectivity index (χ1) is 31.0. The lowest BCUT2D eigenvalue weighted by molar-refractivity contribution is -0.166. The van der Waals surface area contributed by atoms with E-state index in [9.17, 15) is 14.4 Å². The summed E-state index contributed by atoms with van der Waals surface area (Å²) >= 11 is 0. The van der Waals surface area contributed by atoms with Crippen LogP contribution in [0.5, 0.6) is 0 Å². The zero-order valence-electron chi connectivity index (χ0n) is 40.5. The Hall–Kier alpha value is -3.93. The number of rotatable bonds is 44. The van der Waals surface area contributed by atoms with Crippen LogP contribution in [0.4, 0.5) is 0 Å². The summed E-state index contributed by atoms with van der Waals surface area (Å²) in [6.45, 7) is 6.30. The number of hydrogen-bond acceptors (Lipinski definition) is 6. The van der Waals surface area contributed by atoms with Crippen molar-refractivity contribution in [2.75, 3.05) is 13.2 Å². The van der Waals surface area contributed by atoms with Crippen molar-refractivity contribution in [3.8, 4) is 0 Å². The molecule has 63 heavy (non-hydrogen) atoms. The molecule has 0 spiro atoms. The molecule has 0 aliphatic heterocycles. The Labute approximate surface area is 387 Å². The average molecular weight is 873 g/mol. The Morgan fingerprint density at radius 3 is 1.03 bits per heavy atom. The van der Waals surface area contributed by atoms with Crippen LogP contribution in [-0.2, 0) is 28.6 Å². The van der Waals surface area contributed by atoms with Crippen molar-refractivity contribution < 1.29 is 28.6 Å². The van der Waals surface area contributed by atoms with Gasteiger partial charge in [-0.3, -0.25) is 14.4 Å². The topological polar surface area (TPSA) is 78.9 Å². The molecule has 0 aromatic carbocycles. The summed E-state index contributed by atoms with van der Waals surface area (Å²) in [6.07, 6.45) is 68.1. The van der Waals surface area contributed by atoms with Crippen LogP contribution in [0.25, 0.3) is 0 Å². The molecule has 0 aliphatic carbocycles. The van der Waals surface area contributed by atoms with Gasteiger partial charge < -0.3 is 14.2 Å². The molecule has 1 atom stereocenters. The number of ether oxygens (including phenoxy) is 3. The van der Waals surface area contributed by atoms with Crippen LogP contribution >= 0.6 is 0 Å². The van der Waals surface area contributed by atoms with Crippen LogP contribution in [0.2, 0.25) is 0 Å². The molecule has 0 fully saturated rings. The van der Waals surface area contributed by atoms with Crippen molar-refractivity contribution in [2.24, 2.45) is 0 Å². The SMILES string of the molecule is CC/C=C\C/C=C\C/C=C\C/C=C\C/C=C\CCCCCCCCCC(=O)OCC(COC(=O)CCCCCCCCCCC)OC(=O)CC/C=C\C/C=C\C/C=C\C/C=C\CC. The molecule has 0 aromatic heterocycles. The molecule has 0 radical (unpaired) electrons. The standard InChI is InChI=1S/C57H92O6/c1-4-7-10-13-16-19-21-23-24-25-26-27-28-29-30-31-32-34-35-38-41-44-47-50-56(59)62-53-54(52-61-55(58)49-46-43-40-37-18-15-12-9-6-3)63-57(60)51-48-45-42-39-36-33-22-20-17-14-11-8-5-2/h7-8,10-11,16-17,19-20,23-24,26-27,29-30,33,36,42,45,54H,4-6,9,12-15,18,21-22,25,28,31-32,34-35,37-41,43-44,46-53H2,1-3H3/b10-7-,11-8-,19-16-,20-17-,24-23-,27-26-,30-29-,36-33-,45-42-. The lowest BCUT2D eigenvalue weighted by Gasteiger charge is -2.18. The first-order valence-corrected chi connectivity index (χ1v) is 25.4. The van der Waals surface area contributed by atoms with E-state index >= 15 is 0 Å². The van der Waals surface area contributed by atoms with Crippen LogP contribution in [0, 0.1) is 0 Å². The summed E-state index contributed by atoms with van der Waals surface area (Å²) < 4.78 is 16.7. The minimum atomic E-state index is -0.819. The van der Waals surface area contributed by atoms with Gasteiger partial charge in [0.15, 0.2) is 6.10 Å². The number of carbonyl (C=O) groups excluding carboxylic acids is 3. The number of allylic oxidation sites excluding steroid dienone is 18. The molecule has 0 saturated carbocycles. The molecule has 0 bridgehead atoms. The van der Waals surface area contributed by atoms with Crippen molar-refractivity contribution in [1.29, 1.82) is 0 Å². The second kappa shape index (κ2) is 50.7. The zero-order valence-corrected chi connectivity index (χ0v) is 40.5. The molecule has 0 aliphatic rings. The third-order valence-electron chi connectivity index (χ3n) is 10.3. The van der Waals surface area contributed by atoms with E-state index in [0.29, 0.717) is 19.3 Å². The second-order valence-electron chi connectivity index (χ2n) is 16.3. The largest absolute Gasteiger partial charge is 0.462 e. The third kappa shape index (κ3) is 49.0. The smallest absolute Gasteiger partial charge is 0.306 e. The van der Waals surface area contributed by atoms with Gasteiger partial charge in [0, 0.05) is 19.3 Å². The Balaban J connectivity index is 4.37. The first kappa shape index (κ1) is 59.1. The first-order valence-electron chi connectivity index (χ1n) is 25.4. The van der Waals surface area contributed by atoms with Crippen molar-refractivity contribution in [3.05, 3.63) is 109 Å². The van der Waals surface area contributed by atoms with Gasteiger partial charge in [-0.1, -0.05) is 214 Å². The summed E-state index contributed by atoms with van der Waals surface area (Å²) in [4.78, 5) is 37.8. The molecule has 0 amide bonds. The zero-order chi connectivity index (χ0) is 45.8. The molecule has 0 rings (SSSR count). The van der Waals surface area contributed by atoms with E-state index in [1.165, 1.54) is 64.2 Å². The van der Waals surface area contributed by atoms with Gasteiger partial charge in [-0.05, 0) is 89.9 Å². The fourth-order valence-corrected chi connectivity index (χ4v) is 6.54. The van der Waals surface area contributed by atoms with Gasteiger partial charge in [0.2, 0.25) is 0 Å². The van der Waals surface area contributed by atoms with Crippen molar-refractivity contribution in [2.45, 2.75) is 219 Å². The lowest BCUT2D eigenvalue weighted by atomic mass is 10.1. The molecule has 1 unspecified atom stereocenters. The monoisotopic (exact) mass is 873 g/mol. The lowest BCUT2D eigenvalue weighted by Crippen LogP contribution is -2.30. The summed E-state index contributed by atoms with van der Waals surface area (Å²) in [5.74, 6) is -1.01. The van der Waals surface area contributed by atoms with Crippen molar-refractivity contribution in [3.63, 3.8) is 0 Å². The van der Waals surface area contributed by atoms with Gasteiger partial charge in [-0.15, -0.1) is 0 Å². The van der Waals surface area contributed by atoms with E-state index in [0.717, 1.165) is 103 Å². The second-order valence-corrected chi connectivity index (χ2v) is 16.3. The van der Waals surface area contributed by atoms with E-state index in [1.54, 1.807) is 0 Å². The normalized spacial score (nSPS) is 13.0. The summed E-state index contributed by atoms with van der Waals surface area (Å²) in [5.41, 5.74) is 0. The van der Waals surface area contributed by atoms with Gasteiger partial charge in [-0.2, -0.15) is 0 Å². The summed E-state index contributed by atoms with van der Waals surface area (Å²) in [7, 11) is 0. The Kier molecular flexibility index (Phi) is 47.5. The van der Waals surface area contributed by atoms with E-state index in [4.69, 9.17) is 14.2 Å². The quantitative estimate of drug-likeness (QED) is 0.0263. The molecular formula is C57H92O6. The number of unbranched alkanes of at least 4 members (excludes halogenated alkanes) is 15. The predicted molar refractivity (Wildman–Crippen MR) is 270 cm³/mol. The number of hydrogen-bond donors (Lipinski definition) is 0. The van der Waals surface area contributed by atoms with E-state index < -0.39 is 12.1 Å². The molecular weight excluding hydrogens is 781 g/mol. The minimum Gasteiger partial charge on any atom is -0.462 e. The molecule has 0 heterocycles. The molecule has 0 aromatic rings. The average Bonchev–Trinajstić information content (AvgIpc) is 3.28. The highest BCUT2D eigenvalue weighted by Gasteiger charge is 2.19. The van der Waals surface area contributed by atoms with Gasteiger partial charge in [0.05, 0.1) is 0 Å². The summed E-state index contributed by atoms with van der Waals surface area (Å²) in [6, 6.07) is 0. The van der Waals surface area contributed by atoms with Crippen molar-refractivity contribution in [1.82, 2.24) is 0 Å². The number of carbonyl (C=O) groups is 3. The maximum atomic E-state index is 12.7. The molecule has 356 valence electrons. The Morgan fingerprint density at radius 2 is 0.651 bits per heavy atom. The van der Waals surface area contributed by atoms with E-state index in [-0.39, 0.29) is 31.6 Å². The van der Waals surface area contributed by atoms with E-state index in [1.807, 2.05) is 12.2 Å². The van der Waals surface area contributed by atoms with Gasteiger partial charge >= 0.3 is 17.9 Å². The maximum Gasteiger partial charge on any atom is 0.306 e. The number of esters is 3. The molecule has 0 saturated heterocycles. The van der Waals surface area contributed by atoms with Crippen LogP contribution in [-0.4, -0.2) is 37.2 Å². The van der Waals surface area contributed by atoms with Crippen LogP contribution in [0.3, 0.4) is 0 Å². The van der Waals surface area contributed by atoms with Crippen LogP contribution < -0.4 is 0 Å². The van der Waals surface area contributed by atoms with Crippen LogP contribution in [0.1, 0.15) is 213 Å². The third-order valence-corrected chi connectivity index (χ3v) is 10.3. The predicted octanol–water partition coefficient (Wildman–Crippen LogP) is 16.8. The molecule has 6 nitrogen and oxygen atoms in total. The highest BCUT2D eigenvalue weighted by Crippen LogP contribution is 2.13. The molecule has 0 N–H and O–H groups in total.